The Hall–Kier alpha value is -2.57. The van der Waals surface area contributed by atoms with E-state index in [4.69, 9.17) is 28.6 Å². The maximum atomic E-state index is 6.42. The zero-order valence-corrected chi connectivity index (χ0v) is 18.1. The van der Waals surface area contributed by atoms with Crippen molar-refractivity contribution in [2.75, 3.05) is 12.0 Å². The van der Waals surface area contributed by atoms with Gasteiger partial charge in [0.1, 0.15) is 5.75 Å². The minimum atomic E-state index is -0.0763. The number of methoxy groups -OCH3 is 1. The van der Waals surface area contributed by atoms with Crippen molar-refractivity contribution in [2.45, 2.75) is 32.0 Å². The third-order valence-corrected chi connectivity index (χ3v) is 5.80. The lowest BCUT2D eigenvalue weighted by atomic mass is 9.98. The molecule has 0 radical (unpaired) electrons. The van der Waals surface area contributed by atoms with Crippen LogP contribution in [0, 0.1) is 0 Å². The van der Waals surface area contributed by atoms with Gasteiger partial charge in [0.25, 0.3) is 0 Å². The second kappa shape index (κ2) is 8.05. The van der Waals surface area contributed by atoms with E-state index < -0.39 is 0 Å². The van der Waals surface area contributed by atoms with Gasteiger partial charge in [0.05, 0.1) is 29.9 Å². The number of nitrogens with one attached hydrogen (secondary N) is 1. The van der Waals surface area contributed by atoms with Crippen LogP contribution in [0.15, 0.2) is 61.1 Å². The van der Waals surface area contributed by atoms with E-state index >= 15 is 0 Å². The van der Waals surface area contributed by atoms with E-state index in [9.17, 15) is 0 Å². The molecule has 1 N–H and O–H groups in total. The van der Waals surface area contributed by atoms with Crippen LogP contribution >= 0.6 is 23.8 Å². The largest absolute Gasteiger partial charge is 0.495 e. The Kier molecular flexibility index (Phi) is 5.48. The third-order valence-electron chi connectivity index (χ3n) is 5.19. The fraction of sp³-hybridized carbons (Fsp3) is 0.273. The molecule has 1 saturated heterocycles. The van der Waals surface area contributed by atoms with Crippen molar-refractivity contribution in [3.63, 3.8) is 0 Å². The summed E-state index contributed by atoms with van der Waals surface area (Å²) in [7, 11) is 1.61. The maximum absolute atomic E-state index is 6.42. The van der Waals surface area contributed by atoms with Gasteiger partial charge in [0.15, 0.2) is 5.11 Å². The number of pyridine rings is 1. The molecule has 2 atom stereocenters. The molecule has 4 rings (SSSR count). The van der Waals surface area contributed by atoms with Crippen LogP contribution in [-0.2, 0) is 0 Å². The highest BCUT2D eigenvalue weighted by atomic mass is 35.5. The smallest absolute Gasteiger partial charge is 0.174 e. The van der Waals surface area contributed by atoms with Crippen LogP contribution in [0.3, 0.4) is 0 Å². The molecule has 7 heteroatoms. The molecule has 1 aliphatic rings. The molecule has 0 unspecified atom stereocenters. The van der Waals surface area contributed by atoms with Gasteiger partial charge in [-0.3, -0.25) is 4.98 Å². The summed E-state index contributed by atoms with van der Waals surface area (Å²) >= 11 is 12.2. The molecule has 29 heavy (non-hydrogen) atoms. The van der Waals surface area contributed by atoms with Crippen molar-refractivity contribution in [3.8, 4) is 5.75 Å². The van der Waals surface area contributed by atoms with Crippen molar-refractivity contribution in [1.29, 1.82) is 0 Å². The lowest BCUT2D eigenvalue weighted by Crippen LogP contribution is -2.29. The van der Waals surface area contributed by atoms with E-state index in [0.29, 0.717) is 21.9 Å². The zero-order chi connectivity index (χ0) is 20.5. The van der Waals surface area contributed by atoms with E-state index in [1.165, 1.54) is 0 Å². The summed E-state index contributed by atoms with van der Waals surface area (Å²) in [5.74, 6) is 0.636. The van der Waals surface area contributed by atoms with E-state index in [-0.39, 0.29) is 12.1 Å². The quantitative estimate of drug-likeness (QED) is 0.560. The molecule has 3 aromatic rings. The third kappa shape index (κ3) is 3.70. The molecule has 150 valence electrons. The first-order valence-electron chi connectivity index (χ1n) is 9.51. The Morgan fingerprint density at radius 3 is 2.66 bits per heavy atom. The molecule has 0 spiro atoms. The summed E-state index contributed by atoms with van der Waals surface area (Å²) in [6, 6.07) is 14.1. The Labute approximate surface area is 181 Å². The number of thiocarbonyl (C=S) groups is 1. The van der Waals surface area contributed by atoms with Crippen molar-refractivity contribution >= 4 is 34.6 Å². The molecular weight excluding hydrogens is 404 g/mol. The Bertz CT molecular complexity index is 1020. The standard InChI is InChI=1S/C22H23ClN4OS/c1-14(2)26-11-9-15(13-26)21-20(18-6-4-5-10-24-18)25-22(29)27(21)16-7-8-19(28-3)17(23)12-16/h4-14,20-21H,1-3H3,(H,25,29)/t20-,21+/m0/s1. The van der Waals surface area contributed by atoms with Crippen LogP contribution in [0.25, 0.3) is 0 Å². The molecule has 0 aliphatic carbocycles. The van der Waals surface area contributed by atoms with Crippen LogP contribution in [-0.4, -0.2) is 21.8 Å². The number of rotatable bonds is 5. The van der Waals surface area contributed by atoms with Crippen LogP contribution in [0.4, 0.5) is 5.69 Å². The highest BCUT2D eigenvalue weighted by Gasteiger charge is 2.41. The summed E-state index contributed by atoms with van der Waals surface area (Å²) < 4.78 is 7.51. The summed E-state index contributed by atoms with van der Waals surface area (Å²) in [4.78, 5) is 6.70. The summed E-state index contributed by atoms with van der Waals surface area (Å²) in [6.45, 7) is 4.33. The number of aromatic nitrogens is 2. The number of anilines is 1. The number of hydrogen-bond donors (Lipinski definition) is 1. The minimum absolute atomic E-state index is 0.0538. The zero-order valence-electron chi connectivity index (χ0n) is 16.5. The first-order valence-corrected chi connectivity index (χ1v) is 10.3. The predicted octanol–water partition coefficient (Wildman–Crippen LogP) is 5.30. The normalized spacial score (nSPS) is 18.9. The molecule has 1 aromatic carbocycles. The molecule has 3 heterocycles. The number of ether oxygens (including phenoxy) is 1. The van der Waals surface area contributed by atoms with Gasteiger partial charge >= 0.3 is 0 Å². The minimum Gasteiger partial charge on any atom is -0.495 e. The number of benzene rings is 1. The first-order chi connectivity index (χ1) is 14.0. The predicted molar refractivity (Wildman–Crippen MR) is 121 cm³/mol. The Balaban J connectivity index is 1.81. The fourth-order valence-electron chi connectivity index (χ4n) is 3.70. The summed E-state index contributed by atoms with van der Waals surface area (Å²) in [5.41, 5.74) is 3.02. The number of nitrogens with zero attached hydrogens (tertiary/aromatic N) is 3. The lowest BCUT2D eigenvalue weighted by molar-refractivity contribution is 0.415. The van der Waals surface area contributed by atoms with E-state index in [0.717, 1.165) is 16.9 Å². The molecule has 2 aromatic heterocycles. The van der Waals surface area contributed by atoms with Gasteiger partial charge in [-0.25, -0.2) is 0 Å². The molecular formula is C22H23ClN4OS. The van der Waals surface area contributed by atoms with Gasteiger partial charge in [-0.15, -0.1) is 0 Å². The van der Waals surface area contributed by atoms with Gasteiger partial charge in [-0.1, -0.05) is 17.7 Å². The van der Waals surface area contributed by atoms with Crippen LogP contribution in [0.5, 0.6) is 5.75 Å². The van der Waals surface area contributed by atoms with Crippen molar-refractivity contribution in [3.05, 3.63) is 77.3 Å². The summed E-state index contributed by atoms with van der Waals surface area (Å²) in [6.07, 6.45) is 6.10. The average molecular weight is 427 g/mol. The first kappa shape index (κ1) is 19.7. The van der Waals surface area contributed by atoms with Gasteiger partial charge in [-0.05, 0) is 68.0 Å². The van der Waals surface area contributed by atoms with Crippen molar-refractivity contribution in [1.82, 2.24) is 14.9 Å². The highest BCUT2D eigenvalue weighted by molar-refractivity contribution is 7.80. The average Bonchev–Trinajstić information content (AvgIpc) is 3.33. The molecule has 0 amide bonds. The fourth-order valence-corrected chi connectivity index (χ4v) is 4.30. The van der Waals surface area contributed by atoms with Crippen LogP contribution in [0.2, 0.25) is 5.02 Å². The van der Waals surface area contributed by atoms with E-state index in [1.54, 1.807) is 7.11 Å². The van der Waals surface area contributed by atoms with Crippen molar-refractivity contribution in [2.24, 2.45) is 0 Å². The van der Waals surface area contributed by atoms with Gasteiger partial charge in [0.2, 0.25) is 0 Å². The molecule has 5 nitrogen and oxygen atoms in total. The second-order valence-electron chi connectivity index (χ2n) is 7.30. The Morgan fingerprint density at radius 2 is 2.03 bits per heavy atom. The van der Waals surface area contributed by atoms with Crippen LogP contribution in [0.1, 0.15) is 43.2 Å². The van der Waals surface area contributed by atoms with Gasteiger partial charge < -0.3 is 19.5 Å². The van der Waals surface area contributed by atoms with Gasteiger partial charge in [0, 0.05) is 30.3 Å². The van der Waals surface area contributed by atoms with Crippen LogP contribution < -0.4 is 15.0 Å². The second-order valence-corrected chi connectivity index (χ2v) is 8.10. The molecule has 0 saturated carbocycles. The van der Waals surface area contributed by atoms with E-state index in [2.05, 4.69) is 52.1 Å². The molecule has 1 aliphatic heterocycles. The van der Waals surface area contributed by atoms with E-state index in [1.807, 2.05) is 42.6 Å². The number of halogens is 1. The van der Waals surface area contributed by atoms with Crippen molar-refractivity contribution < 1.29 is 4.74 Å². The lowest BCUT2D eigenvalue weighted by Gasteiger charge is -2.27. The molecule has 0 bridgehead atoms. The monoisotopic (exact) mass is 426 g/mol. The van der Waals surface area contributed by atoms with Gasteiger partial charge in [-0.2, -0.15) is 0 Å². The summed E-state index contributed by atoms with van der Waals surface area (Å²) in [5, 5.41) is 4.66. The highest BCUT2D eigenvalue weighted by Crippen LogP contribution is 2.43. The topological polar surface area (TPSA) is 42.3 Å². The molecule has 1 fully saturated rings. The maximum Gasteiger partial charge on any atom is 0.174 e. The SMILES string of the molecule is COc1ccc(N2C(=S)N[C@@H](c3ccccn3)[C@H]2c2ccn(C(C)C)c2)cc1Cl. The number of hydrogen-bond acceptors (Lipinski definition) is 3. The Morgan fingerprint density at radius 1 is 1.21 bits per heavy atom.